The summed E-state index contributed by atoms with van der Waals surface area (Å²) in [5, 5.41) is 12.3. The van der Waals surface area contributed by atoms with Crippen molar-refractivity contribution in [3.05, 3.63) is 17.8 Å². The molecule has 0 unspecified atom stereocenters. The van der Waals surface area contributed by atoms with Crippen LogP contribution in [-0.4, -0.2) is 30.8 Å². The number of pyridine rings is 1. The van der Waals surface area contributed by atoms with Gasteiger partial charge in [-0.3, -0.25) is 0 Å². The molecule has 0 amide bonds. The average Bonchev–Trinajstić information content (AvgIpc) is 2.41. The molecule has 1 fully saturated rings. The first-order chi connectivity index (χ1) is 8.74. The second-order valence-electron chi connectivity index (χ2n) is 4.44. The van der Waals surface area contributed by atoms with Gasteiger partial charge in [-0.25, -0.2) is 4.98 Å². The number of hydrogen-bond donors (Lipinski definition) is 1. The first kappa shape index (κ1) is 15.5. The Morgan fingerprint density at radius 3 is 2.84 bits per heavy atom. The van der Waals surface area contributed by atoms with Crippen LogP contribution in [0.25, 0.3) is 0 Å². The summed E-state index contributed by atoms with van der Waals surface area (Å²) in [4.78, 5) is 4.15. The summed E-state index contributed by atoms with van der Waals surface area (Å²) in [6.07, 6.45) is 3.70. The fourth-order valence-electron chi connectivity index (χ4n) is 2.03. The van der Waals surface area contributed by atoms with Gasteiger partial charge >= 0.3 is 0 Å². The van der Waals surface area contributed by atoms with Crippen molar-refractivity contribution in [1.82, 2.24) is 10.3 Å². The third-order valence-electron chi connectivity index (χ3n) is 3.09. The number of piperidine rings is 1. The van der Waals surface area contributed by atoms with Crippen molar-refractivity contribution >= 4 is 12.4 Å². The van der Waals surface area contributed by atoms with Crippen LogP contribution in [0.1, 0.15) is 25.3 Å². The van der Waals surface area contributed by atoms with Gasteiger partial charge in [0.15, 0.2) is 5.75 Å². The highest BCUT2D eigenvalue weighted by molar-refractivity contribution is 5.85. The van der Waals surface area contributed by atoms with E-state index in [0.29, 0.717) is 23.2 Å². The van der Waals surface area contributed by atoms with Gasteiger partial charge in [0.05, 0.1) is 7.11 Å². The smallest absolute Gasteiger partial charge is 0.258 e. The molecule has 104 valence electrons. The van der Waals surface area contributed by atoms with Gasteiger partial charge in [-0.15, -0.1) is 12.4 Å². The van der Waals surface area contributed by atoms with E-state index in [-0.39, 0.29) is 18.5 Å². The third kappa shape index (κ3) is 3.72. The molecular weight excluding hydrogens is 266 g/mol. The van der Waals surface area contributed by atoms with E-state index in [4.69, 9.17) is 14.7 Å². The highest BCUT2D eigenvalue weighted by Crippen LogP contribution is 2.29. The van der Waals surface area contributed by atoms with Crippen LogP contribution in [0.5, 0.6) is 11.6 Å². The molecular formula is C13H18ClN3O2. The normalized spacial score (nSPS) is 21.9. The van der Waals surface area contributed by atoms with Crippen molar-refractivity contribution in [2.45, 2.75) is 31.9 Å². The standard InChI is InChI=1S/C13H17N3O2.ClH/c1-9-3-4-11(8-16-9)18-13-12(17-2)10(7-14)5-6-15-13;/h5-6,9,11,16H,3-4,8H2,1-2H3;1H/t9-,11-;/m1./s1. The van der Waals surface area contributed by atoms with Crippen molar-refractivity contribution in [2.75, 3.05) is 13.7 Å². The van der Waals surface area contributed by atoms with E-state index in [9.17, 15) is 0 Å². The summed E-state index contributed by atoms with van der Waals surface area (Å²) in [5.74, 6) is 0.816. The molecule has 5 nitrogen and oxygen atoms in total. The van der Waals surface area contributed by atoms with Gasteiger partial charge in [-0.1, -0.05) is 0 Å². The number of hydrogen-bond acceptors (Lipinski definition) is 5. The summed E-state index contributed by atoms with van der Waals surface area (Å²) >= 11 is 0. The molecule has 0 aromatic carbocycles. The molecule has 1 aromatic rings. The van der Waals surface area contributed by atoms with Crippen molar-refractivity contribution in [3.8, 4) is 17.7 Å². The molecule has 0 radical (unpaired) electrons. The zero-order valence-electron chi connectivity index (χ0n) is 11.0. The summed E-state index contributed by atoms with van der Waals surface area (Å²) < 4.78 is 11.0. The molecule has 2 atom stereocenters. The lowest BCUT2D eigenvalue weighted by atomic mass is 10.0. The van der Waals surface area contributed by atoms with Crippen molar-refractivity contribution < 1.29 is 9.47 Å². The highest BCUT2D eigenvalue weighted by atomic mass is 35.5. The SMILES string of the molecule is COc1c(C#N)ccnc1O[C@@H]1CC[C@@H](C)NC1.Cl. The van der Waals surface area contributed by atoms with Crippen LogP contribution >= 0.6 is 12.4 Å². The number of halogens is 1. The minimum atomic E-state index is 0. The fourth-order valence-corrected chi connectivity index (χ4v) is 2.03. The number of nitrogens with one attached hydrogen (secondary N) is 1. The van der Waals surface area contributed by atoms with Gasteiger partial charge in [0.2, 0.25) is 0 Å². The van der Waals surface area contributed by atoms with Crippen LogP contribution in [0, 0.1) is 11.3 Å². The Morgan fingerprint density at radius 2 is 2.26 bits per heavy atom. The minimum absolute atomic E-state index is 0. The van der Waals surface area contributed by atoms with E-state index in [1.54, 1.807) is 12.3 Å². The van der Waals surface area contributed by atoms with Gasteiger partial charge in [0.1, 0.15) is 17.7 Å². The number of aromatic nitrogens is 1. The Balaban J connectivity index is 0.00000180. The molecule has 1 saturated heterocycles. The molecule has 0 aliphatic carbocycles. The number of nitrogens with zero attached hydrogens (tertiary/aromatic N) is 2. The quantitative estimate of drug-likeness (QED) is 0.918. The third-order valence-corrected chi connectivity index (χ3v) is 3.09. The zero-order chi connectivity index (χ0) is 13.0. The maximum atomic E-state index is 8.99. The van der Waals surface area contributed by atoms with Gasteiger partial charge in [-0.05, 0) is 25.8 Å². The molecule has 0 saturated carbocycles. The Kier molecular flexibility index (Phi) is 5.87. The molecule has 1 N–H and O–H groups in total. The molecule has 1 aromatic heterocycles. The molecule has 0 bridgehead atoms. The molecule has 19 heavy (non-hydrogen) atoms. The van der Waals surface area contributed by atoms with Gasteiger partial charge < -0.3 is 14.8 Å². The van der Waals surface area contributed by atoms with Crippen LogP contribution in [0.3, 0.4) is 0 Å². The van der Waals surface area contributed by atoms with Crippen LogP contribution in [0.2, 0.25) is 0 Å². The Labute approximate surface area is 119 Å². The van der Waals surface area contributed by atoms with Crippen molar-refractivity contribution in [3.63, 3.8) is 0 Å². The van der Waals surface area contributed by atoms with Gasteiger partial charge in [0, 0.05) is 18.8 Å². The molecule has 0 spiro atoms. The molecule has 2 rings (SSSR count). The van der Waals surface area contributed by atoms with E-state index < -0.39 is 0 Å². The number of rotatable bonds is 3. The average molecular weight is 284 g/mol. The number of ether oxygens (including phenoxy) is 2. The van der Waals surface area contributed by atoms with E-state index in [0.717, 1.165) is 19.4 Å². The molecule has 2 heterocycles. The van der Waals surface area contributed by atoms with E-state index in [1.807, 2.05) is 0 Å². The van der Waals surface area contributed by atoms with Gasteiger partial charge in [0.25, 0.3) is 5.88 Å². The van der Waals surface area contributed by atoms with Crippen LogP contribution in [0.4, 0.5) is 0 Å². The Morgan fingerprint density at radius 1 is 1.47 bits per heavy atom. The second-order valence-corrected chi connectivity index (χ2v) is 4.44. The maximum Gasteiger partial charge on any atom is 0.258 e. The Hall–Kier alpha value is -1.51. The number of nitriles is 1. The van der Waals surface area contributed by atoms with E-state index >= 15 is 0 Å². The van der Waals surface area contributed by atoms with Crippen molar-refractivity contribution in [2.24, 2.45) is 0 Å². The minimum Gasteiger partial charge on any atom is -0.490 e. The molecule has 6 heteroatoms. The topological polar surface area (TPSA) is 67.2 Å². The largest absolute Gasteiger partial charge is 0.490 e. The predicted octanol–water partition coefficient (Wildman–Crippen LogP) is 1.90. The number of methoxy groups -OCH3 is 1. The summed E-state index contributed by atoms with van der Waals surface area (Å²) in [5.41, 5.74) is 0.444. The van der Waals surface area contributed by atoms with Crippen molar-refractivity contribution in [1.29, 1.82) is 5.26 Å². The van der Waals surface area contributed by atoms with Crippen LogP contribution < -0.4 is 14.8 Å². The van der Waals surface area contributed by atoms with Gasteiger partial charge in [-0.2, -0.15) is 5.26 Å². The monoisotopic (exact) mass is 283 g/mol. The fraction of sp³-hybridized carbons (Fsp3) is 0.538. The summed E-state index contributed by atoms with van der Waals surface area (Å²) in [6.45, 7) is 2.95. The summed E-state index contributed by atoms with van der Waals surface area (Å²) in [6, 6.07) is 4.22. The summed E-state index contributed by atoms with van der Waals surface area (Å²) in [7, 11) is 1.52. The lowest BCUT2D eigenvalue weighted by Crippen LogP contribution is -2.42. The van der Waals surface area contributed by atoms with Crippen LogP contribution in [0.15, 0.2) is 12.3 Å². The van der Waals surface area contributed by atoms with E-state index in [1.165, 1.54) is 7.11 Å². The first-order valence-corrected chi connectivity index (χ1v) is 6.07. The Bertz CT molecular complexity index is 454. The highest BCUT2D eigenvalue weighted by Gasteiger charge is 2.21. The molecule has 1 aliphatic rings. The van der Waals surface area contributed by atoms with E-state index in [2.05, 4.69) is 23.3 Å². The second kappa shape index (κ2) is 7.17. The van der Waals surface area contributed by atoms with Crippen LogP contribution in [-0.2, 0) is 0 Å². The first-order valence-electron chi connectivity index (χ1n) is 6.07. The molecule has 1 aliphatic heterocycles. The lowest BCUT2D eigenvalue weighted by Gasteiger charge is -2.28. The lowest BCUT2D eigenvalue weighted by molar-refractivity contribution is 0.141. The zero-order valence-corrected chi connectivity index (χ0v) is 11.9. The maximum absolute atomic E-state index is 8.99. The predicted molar refractivity (Wildman–Crippen MR) is 73.9 cm³/mol.